The topological polar surface area (TPSA) is 102 Å². The Balaban J connectivity index is 1.78. The summed E-state index contributed by atoms with van der Waals surface area (Å²) >= 11 is 0. The number of anilines is 2. The number of nitro benzene ring substituents is 1. The van der Waals surface area contributed by atoms with E-state index >= 15 is 0 Å². The van der Waals surface area contributed by atoms with Crippen molar-refractivity contribution in [3.63, 3.8) is 0 Å². The molecule has 1 N–H and O–H groups in total. The molecular formula is C19H19N3O5. The molecule has 0 radical (unpaired) electrons. The highest BCUT2D eigenvalue weighted by atomic mass is 16.6. The van der Waals surface area contributed by atoms with Crippen LogP contribution in [0.4, 0.5) is 17.1 Å². The van der Waals surface area contributed by atoms with Crippen LogP contribution < -0.4 is 15.0 Å². The number of nitrogens with zero attached hydrogens (tertiary/aromatic N) is 2. The summed E-state index contributed by atoms with van der Waals surface area (Å²) in [5.41, 5.74) is 1.78. The average Bonchev–Trinajstić information content (AvgIpc) is 3.03. The number of benzene rings is 2. The molecule has 0 spiro atoms. The molecular weight excluding hydrogens is 350 g/mol. The maximum atomic E-state index is 12.7. The second-order valence-corrected chi connectivity index (χ2v) is 6.32. The maximum absolute atomic E-state index is 12.7. The minimum Gasteiger partial charge on any atom is -0.495 e. The van der Waals surface area contributed by atoms with Gasteiger partial charge in [0.15, 0.2) is 0 Å². The lowest BCUT2D eigenvalue weighted by molar-refractivity contribution is -0.384. The van der Waals surface area contributed by atoms with Crippen molar-refractivity contribution >= 4 is 28.9 Å². The molecule has 2 aromatic carbocycles. The van der Waals surface area contributed by atoms with Crippen LogP contribution in [0.15, 0.2) is 42.5 Å². The van der Waals surface area contributed by atoms with E-state index in [4.69, 9.17) is 4.74 Å². The second-order valence-electron chi connectivity index (χ2n) is 6.32. The van der Waals surface area contributed by atoms with E-state index in [1.54, 1.807) is 4.90 Å². The molecule has 8 nitrogen and oxygen atoms in total. The maximum Gasteiger partial charge on any atom is 0.271 e. The first-order chi connectivity index (χ1) is 12.9. The number of aryl methyl sites for hydroxylation is 1. The van der Waals surface area contributed by atoms with Gasteiger partial charge in [-0.05, 0) is 24.6 Å². The van der Waals surface area contributed by atoms with Gasteiger partial charge in [-0.3, -0.25) is 19.7 Å². The molecule has 1 saturated heterocycles. The summed E-state index contributed by atoms with van der Waals surface area (Å²) < 4.78 is 5.16. The van der Waals surface area contributed by atoms with E-state index in [1.807, 2.05) is 31.2 Å². The van der Waals surface area contributed by atoms with E-state index in [-0.39, 0.29) is 36.2 Å². The summed E-state index contributed by atoms with van der Waals surface area (Å²) in [4.78, 5) is 37.1. The minimum atomic E-state index is -0.555. The Morgan fingerprint density at radius 3 is 2.70 bits per heavy atom. The van der Waals surface area contributed by atoms with Gasteiger partial charge < -0.3 is 15.0 Å². The molecule has 0 bridgehead atoms. The van der Waals surface area contributed by atoms with Crippen LogP contribution in [0.3, 0.4) is 0 Å². The van der Waals surface area contributed by atoms with Gasteiger partial charge in [0.2, 0.25) is 11.8 Å². The number of carbonyl (C=O) groups is 2. The van der Waals surface area contributed by atoms with Crippen LogP contribution in [-0.2, 0) is 9.59 Å². The van der Waals surface area contributed by atoms with Crippen LogP contribution >= 0.6 is 0 Å². The summed E-state index contributed by atoms with van der Waals surface area (Å²) in [6.45, 7) is 2.16. The average molecular weight is 369 g/mol. The highest BCUT2D eigenvalue weighted by molar-refractivity contribution is 6.04. The van der Waals surface area contributed by atoms with E-state index in [0.29, 0.717) is 5.75 Å². The molecule has 0 aliphatic carbocycles. The van der Waals surface area contributed by atoms with Gasteiger partial charge in [-0.1, -0.05) is 18.2 Å². The van der Waals surface area contributed by atoms with Crippen molar-refractivity contribution in [2.45, 2.75) is 13.3 Å². The Labute approximate surface area is 155 Å². The van der Waals surface area contributed by atoms with Gasteiger partial charge in [-0.15, -0.1) is 0 Å². The zero-order valence-electron chi connectivity index (χ0n) is 15.0. The third-order valence-corrected chi connectivity index (χ3v) is 4.55. The summed E-state index contributed by atoms with van der Waals surface area (Å²) in [5, 5.41) is 13.6. The first-order valence-electron chi connectivity index (χ1n) is 8.40. The van der Waals surface area contributed by atoms with E-state index < -0.39 is 10.8 Å². The fourth-order valence-corrected chi connectivity index (χ4v) is 3.12. The molecule has 2 aromatic rings. The van der Waals surface area contributed by atoms with Gasteiger partial charge in [0.1, 0.15) is 5.75 Å². The molecule has 3 rings (SSSR count). The molecule has 140 valence electrons. The fraction of sp³-hybridized carbons (Fsp3) is 0.263. The van der Waals surface area contributed by atoms with Crippen LogP contribution in [0.25, 0.3) is 0 Å². The number of nitro groups is 1. The summed E-state index contributed by atoms with van der Waals surface area (Å²) in [5.74, 6) is -0.746. The SMILES string of the molecule is COc1ccc([N+](=O)[O-])cc1NC(=O)C1CC(=O)N(c2ccccc2C)C1. The van der Waals surface area contributed by atoms with Gasteiger partial charge in [-0.25, -0.2) is 0 Å². The fourth-order valence-electron chi connectivity index (χ4n) is 3.12. The number of hydrogen-bond acceptors (Lipinski definition) is 5. The molecule has 1 aliphatic rings. The third kappa shape index (κ3) is 3.74. The van der Waals surface area contributed by atoms with Crippen molar-refractivity contribution in [2.24, 2.45) is 5.92 Å². The number of ether oxygens (including phenoxy) is 1. The normalized spacial score (nSPS) is 16.3. The van der Waals surface area contributed by atoms with E-state index in [9.17, 15) is 19.7 Å². The van der Waals surface area contributed by atoms with Crippen molar-refractivity contribution in [1.29, 1.82) is 0 Å². The van der Waals surface area contributed by atoms with E-state index in [2.05, 4.69) is 5.32 Å². The van der Waals surface area contributed by atoms with Crippen molar-refractivity contribution in [1.82, 2.24) is 0 Å². The van der Waals surface area contributed by atoms with Crippen LogP contribution in [0.2, 0.25) is 0 Å². The molecule has 1 unspecified atom stereocenters. The molecule has 1 aliphatic heterocycles. The molecule has 0 saturated carbocycles. The Morgan fingerprint density at radius 1 is 1.30 bits per heavy atom. The van der Waals surface area contributed by atoms with Crippen molar-refractivity contribution < 1.29 is 19.2 Å². The molecule has 27 heavy (non-hydrogen) atoms. The molecule has 1 fully saturated rings. The third-order valence-electron chi connectivity index (χ3n) is 4.55. The largest absolute Gasteiger partial charge is 0.495 e. The number of nitrogens with one attached hydrogen (secondary N) is 1. The first-order valence-corrected chi connectivity index (χ1v) is 8.40. The van der Waals surface area contributed by atoms with Gasteiger partial charge in [0.05, 0.1) is 23.6 Å². The zero-order chi connectivity index (χ0) is 19.6. The molecule has 1 atom stereocenters. The number of rotatable bonds is 5. The predicted octanol–water partition coefficient (Wildman–Crippen LogP) is 2.90. The molecule has 2 amide bonds. The predicted molar refractivity (Wildman–Crippen MR) is 99.9 cm³/mol. The van der Waals surface area contributed by atoms with Crippen LogP contribution in [0.1, 0.15) is 12.0 Å². The Bertz CT molecular complexity index is 912. The lowest BCUT2D eigenvalue weighted by atomic mass is 10.1. The number of methoxy groups -OCH3 is 1. The molecule has 8 heteroatoms. The minimum absolute atomic E-state index is 0.0808. The molecule has 0 aromatic heterocycles. The number of amides is 2. The van der Waals surface area contributed by atoms with Gasteiger partial charge >= 0.3 is 0 Å². The number of carbonyl (C=O) groups excluding carboxylic acids is 2. The van der Waals surface area contributed by atoms with Gasteiger partial charge in [0.25, 0.3) is 5.69 Å². The highest BCUT2D eigenvalue weighted by Gasteiger charge is 2.36. The highest BCUT2D eigenvalue weighted by Crippen LogP contribution is 2.32. The van der Waals surface area contributed by atoms with Gasteiger partial charge in [0, 0.05) is 30.8 Å². The van der Waals surface area contributed by atoms with Gasteiger partial charge in [-0.2, -0.15) is 0 Å². The quantitative estimate of drug-likeness (QED) is 0.645. The molecule has 1 heterocycles. The lowest BCUT2D eigenvalue weighted by Crippen LogP contribution is -2.28. The standard InChI is InChI=1S/C19H19N3O5/c1-12-5-3-4-6-16(12)21-11-13(9-18(21)23)19(24)20-15-10-14(22(25)26)7-8-17(15)27-2/h3-8,10,13H,9,11H2,1-2H3,(H,20,24). The zero-order valence-corrected chi connectivity index (χ0v) is 15.0. The smallest absolute Gasteiger partial charge is 0.271 e. The van der Waals surface area contributed by atoms with E-state index in [1.165, 1.54) is 25.3 Å². The van der Waals surface area contributed by atoms with Crippen LogP contribution in [-0.4, -0.2) is 30.4 Å². The van der Waals surface area contributed by atoms with Crippen molar-refractivity contribution in [3.05, 3.63) is 58.1 Å². The first kappa shape index (κ1) is 18.4. The monoisotopic (exact) mass is 369 g/mol. The van der Waals surface area contributed by atoms with Crippen molar-refractivity contribution in [2.75, 3.05) is 23.9 Å². The summed E-state index contributed by atoms with van der Waals surface area (Å²) in [6.07, 6.45) is 0.0808. The number of hydrogen-bond donors (Lipinski definition) is 1. The Hall–Kier alpha value is -3.42. The lowest BCUT2D eigenvalue weighted by Gasteiger charge is -2.19. The Kier molecular flexibility index (Phi) is 5.07. The Morgan fingerprint density at radius 2 is 2.04 bits per heavy atom. The summed E-state index contributed by atoms with van der Waals surface area (Å²) in [7, 11) is 1.41. The van der Waals surface area contributed by atoms with Crippen LogP contribution in [0, 0.1) is 23.0 Å². The van der Waals surface area contributed by atoms with Crippen LogP contribution in [0.5, 0.6) is 5.75 Å². The van der Waals surface area contributed by atoms with Crippen molar-refractivity contribution in [3.8, 4) is 5.75 Å². The number of non-ortho nitro benzene ring substituents is 1. The number of para-hydroxylation sites is 1. The second kappa shape index (κ2) is 7.45. The summed E-state index contributed by atoms with van der Waals surface area (Å²) in [6, 6.07) is 11.4. The van der Waals surface area contributed by atoms with E-state index in [0.717, 1.165) is 11.3 Å².